The monoisotopic (exact) mass is 368 g/mol. The Morgan fingerprint density at radius 1 is 1.30 bits per heavy atom. The largest absolute Gasteiger partial charge is 0.497 e. The number of benzene rings is 2. The van der Waals surface area contributed by atoms with Crippen molar-refractivity contribution in [2.45, 2.75) is 19.4 Å². The third-order valence-electron chi connectivity index (χ3n) is 4.85. The van der Waals surface area contributed by atoms with Crippen molar-refractivity contribution in [1.82, 2.24) is 10.2 Å². The van der Waals surface area contributed by atoms with Gasteiger partial charge < -0.3 is 20.1 Å². The smallest absolute Gasteiger partial charge is 0.254 e. The van der Waals surface area contributed by atoms with Crippen LogP contribution in [-0.2, 0) is 4.79 Å². The van der Waals surface area contributed by atoms with E-state index in [9.17, 15) is 14.7 Å². The fourth-order valence-corrected chi connectivity index (χ4v) is 3.44. The van der Waals surface area contributed by atoms with Gasteiger partial charge in [-0.1, -0.05) is 18.2 Å². The van der Waals surface area contributed by atoms with Gasteiger partial charge in [0, 0.05) is 25.3 Å². The van der Waals surface area contributed by atoms with Crippen LogP contribution in [-0.4, -0.2) is 54.7 Å². The molecule has 27 heavy (non-hydrogen) atoms. The summed E-state index contributed by atoms with van der Waals surface area (Å²) < 4.78 is 5.25. The molecule has 0 radical (unpaired) electrons. The predicted octanol–water partition coefficient (Wildman–Crippen LogP) is 1.99. The number of hydrogen-bond donors (Lipinski definition) is 2. The highest BCUT2D eigenvalue weighted by atomic mass is 16.5. The van der Waals surface area contributed by atoms with Crippen molar-refractivity contribution in [3.63, 3.8) is 0 Å². The van der Waals surface area contributed by atoms with Gasteiger partial charge in [-0.3, -0.25) is 9.59 Å². The fourth-order valence-electron chi connectivity index (χ4n) is 3.44. The van der Waals surface area contributed by atoms with E-state index in [-0.39, 0.29) is 24.8 Å². The molecule has 2 aromatic carbocycles. The molecule has 0 aromatic heterocycles. The summed E-state index contributed by atoms with van der Waals surface area (Å²) in [6, 6.07) is 12.6. The Labute approximate surface area is 158 Å². The number of carbonyl (C=O) groups is 2. The first-order chi connectivity index (χ1) is 13.0. The third-order valence-corrected chi connectivity index (χ3v) is 4.85. The van der Waals surface area contributed by atoms with E-state index in [1.165, 1.54) is 0 Å². The molecule has 0 aliphatic carbocycles. The topological polar surface area (TPSA) is 78.9 Å². The molecule has 0 spiro atoms. The lowest BCUT2D eigenvalue weighted by atomic mass is 9.98. The van der Waals surface area contributed by atoms with Crippen LogP contribution in [0.15, 0.2) is 42.5 Å². The predicted molar refractivity (Wildman–Crippen MR) is 103 cm³/mol. The number of carbonyl (C=O) groups excluding carboxylic acids is 2. The van der Waals surface area contributed by atoms with Gasteiger partial charge in [0.05, 0.1) is 7.11 Å². The van der Waals surface area contributed by atoms with Gasteiger partial charge in [-0.2, -0.15) is 0 Å². The van der Waals surface area contributed by atoms with Crippen LogP contribution in [0.2, 0.25) is 0 Å². The second-order valence-corrected chi connectivity index (χ2v) is 6.58. The molecule has 1 aliphatic rings. The number of hydrogen-bond acceptors (Lipinski definition) is 4. The van der Waals surface area contributed by atoms with Crippen LogP contribution in [0.25, 0.3) is 11.1 Å². The van der Waals surface area contributed by atoms with Gasteiger partial charge in [-0.15, -0.1) is 0 Å². The van der Waals surface area contributed by atoms with Crippen molar-refractivity contribution in [3.8, 4) is 16.9 Å². The van der Waals surface area contributed by atoms with Crippen LogP contribution in [0.1, 0.15) is 22.3 Å². The highest BCUT2D eigenvalue weighted by molar-refractivity contribution is 5.99. The second kappa shape index (κ2) is 8.22. The first-order valence-corrected chi connectivity index (χ1v) is 8.99. The number of piperazine rings is 1. The number of amides is 2. The van der Waals surface area contributed by atoms with Crippen LogP contribution in [0.3, 0.4) is 0 Å². The fraction of sp³-hybridized carbons (Fsp3) is 0.333. The lowest BCUT2D eigenvalue weighted by molar-refractivity contribution is -0.128. The van der Waals surface area contributed by atoms with E-state index < -0.39 is 6.04 Å². The molecule has 2 N–H and O–H groups in total. The SMILES string of the molecule is COc1ccc(-c2cccc(C(=O)N3CCNC(=O)[C@@H]3CCO)c2)c(C)c1. The number of rotatable bonds is 5. The van der Waals surface area contributed by atoms with Crippen molar-refractivity contribution >= 4 is 11.8 Å². The van der Waals surface area contributed by atoms with Crippen LogP contribution in [0, 0.1) is 6.92 Å². The van der Waals surface area contributed by atoms with Gasteiger partial charge in [-0.05, 0) is 54.3 Å². The first kappa shape index (κ1) is 18.9. The summed E-state index contributed by atoms with van der Waals surface area (Å²) in [5.74, 6) is 0.372. The molecule has 6 heteroatoms. The number of aryl methyl sites for hydroxylation is 1. The standard InChI is InChI=1S/C21H24N2O4/c1-14-12-17(27-2)6-7-18(14)15-4-3-5-16(13-15)21(26)23-10-9-22-20(25)19(23)8-11-24/h3-7,12-13,19,24H,8-11H2,1-2H3,(H,22,25)/t19-/m0/s1. The van der Waals surface area contributed by atoms with Crippen molar-refractivity contribution in [1.29, 1.82) is 0 Å². The molecule has 2 aromatic rings. The Kier molecular flexibility index (Phi) is 5.76. The van der Waals surface area contributed by atoms with E-state index >= 15 is 0 Å². The molecule has 1 aliphatic heterocycles. The summed E-state index contributed by atoms with van der Waals surface area (Å²) >= 11 is 0. The summed E-state index contributed by atoms with van der Waals surface area (Å²) in [6.45, 7) is 2.70. The Morgan fingerprint density at radius 3 is 2.81 bits per heavy atom. The van der Waals surface area contributed by atoms with Gasteiger partial charge in [0.25, 0.3) is 5.91 Å². The van der Waals surface area contributed by atoms with E-state index in [0.29, 0.717) is 18.7 Å². The second-order valence-electron chi connectivity index (χ2n) is 6.58. The minimum absolute atomic E-state index is 0.146. The van der Waals surface area contributed by atoms with Crippen LogP contribution >= 0.6 is 0 Å². The van der Waals surface area contributed by atoms with Crippen LogP contribution < -0.4 is 10.1 Å². The summed E-state index contributed by atoms with van der Waals surface area (Å²) in [4.78, 5) is 26.7. The maximum absolute atomic E-state index is 13.0. The molecule has 0 saturated carbocycles. The summed E-state index contributed by atoms with van der Waals surface area (Å²) in [5.41, 5.74) is 3.53. The van der Waals surface area contributed by atoms with E-state index in [2.05, 4.69) is 5.32 Å². The maximum Gasteiger partial charge on any atom is 0.254 e. The highest BCUT2D eigenvalue weighted by Crippen LogP contribution is 2.28. The van der Waals surface area contributed by atoms with Crippen molar-refractivity contribution in [3.05, 3.63) is 53.6 Å². The first-order valence-electron chi connectivity index (χ1n) is 8.99. The third kappa shape index (κ3) is 3.95. The summed E-state index contributed by atoms with van der Waals surface area (Å²) in [7, 11) is 1.63. The van der Waals surface area contributed by atoms with Gasteiger partial charge in [0.15, 0.2) is 0 Å². The molecule has 0 bridgehead atoms. The number of nitrogens with zero attached hydrogens (tertiary/aromatic N) is 1. The number of methoxy groups -OCH3 is 1. The molecule has 0 unspecified atom stereocenters. The van der Waals surface area contributed by atoms with Crippen LogP contribution in [0.5, 0.6) is 5.75 Å². The number of aliphatic hydroxyl groups is 1. The number of nitrogens with one attached hydrogen (secondary N) is 1. The minimum Gasteiger partial charge on any atom is -0.497 e. The Balaban J connectivity index is 1.90. The average molecular weight is 368 g/mol. The molecule has 3 rings (SSSR count). The normalized spacial score (nSPS) is 16.8. The number of aliphatic hydroxyl groups excluding tert-OH is 1. The summed E-state index contributed by atoms with van der Waals surface area (Å²) in [6.07, 6.45) is 0.231. The van der Waals surface area contributed by atoms with Crippen molar-refractivity contribution in [2.24, 2.45) is 0 Å². The van der Waals surface area contributed by atoms with E-state index in [4.69, 9.17) is 4.74 Å². The van der Waals surface area contributed by atoms with Gasteiger partial charge in [-0.25, -0.2) is 0 Å². The molecule has 1 fully saturated rings. The Morgan fingerprint density at radius 2 is 2.11 bits per heavy atom. The van der Waals surface area contributed by atoms with Gasteiger partial charge in [0.2, 0.25) is 5.91 Å². The van der Waals surface area contributed by atoms with Gasteiger partial charge >= 0.3 is 0 Å². The molecular weight excluding hydrogens is 344 g/mol. The number of ether oxygens (including phenoxy) is 1. The minimum atomic E-state index is -0.636. The average Bonchev–Trinajstić information content (AvgIpc) is 2.69. The molecule has 1 atom stereocenters. The Bertz CT molecular complexity index is 850. The van der Waals surface area contributed by atoms with E-state index in [1.807, 2.05) is 43.3 Å². The van der Waals surface area contributed by atoms with E-state index in [0.717, 1.165) is 22.4 Å². The molecule has 6 nitrogen and oxygen atoms in total. The molecule has 1 saturated heterocycles. The zero-order valence-electron chi connectivity index (χ0n) is 15.6. The molecule has 2 amide bonds. The zero-order chi connectivity index (χ0) is 19.4. The molecule has 1 heterocycles. The highest BCUT2D eigenvalue weighted by Gasteiger charge is 2.33. The van der Waals surface area contributed by atoms with E-state index in [1.54, 1.807) is 18.1 Å². The lowest BCUT2D eigenvalue weighted by Crippen LogP contribution is -2.57. The summed E-state index contributed by atoms with van der Waals surface area (Å²) in [5, 5.41) is 12.0. The maximum atomic E-state index is 13.0. The van der Waals surface area contributed by atoms with Crippen molar-refractivity contribution < 1.29 is 19.4 Å². The van der Waals surface area contributed by atoms with Crippen LogP contribution in [0.4, 0.5) is 0 Å². The molecular formula is C21H24N2O4. The Hall–Kier alpha value is -2.86. The molecule has 142 valence electrons. The van der Waals surface area contributed by atoms with Gasteiger partial charge in [0.1, 0.15) is 11.8 Å². The van der Waals surface area contributed by atoms with Crippen molar-refractivity contribution in [2.75, 3.05) is 26.8 Å². The zero-order valence-corrected chi connectivity index (χ0v) is 15.6. The lowest BCUT2D eigenvalue weighted by Gasteiger charge is -2.35. The quantitative estimate of drug-likeness (QED) is 0.846.